The predicted octanol–water partition coefficient (Wildman–Crippen LogP) is 3.78. The van der Waals surface area contributed by atoms with E-state index in [9.17, 15) is 17.6 Å². The molecule has 3 heterocycles. The number of nitrogens with one attached hydrogen (secondary N) is 2. The number of aliphatic imine (C=N–C) groups is 1. The smallest absolute Gasteiger partial charge is 0.403 e. The standard InChI is InChI=1S/C24H30F4N8O.CH4/c1-33-8-7-20(17(25)12-33)35(3)18-5-4-6-19-16(18)9-21(36(19)14-24(26,27)28)23-31-22(37-32-23)13-34(2)15(10-29)11-30;/h4-6,9-11,22,29H,7-8,12-14,30H2,1-3H3,(H,31,32);1H4/b15-11+,29-10?;. The lowest BCUT2D eigenvalue weighted by Crippen LogP contribution is -2.32. The first-order valence-corrected chi connectivity index (χ1v) is 11.6. The normalized spacial score (nSPS) is 18.8. The monoisotopic (exact) mass is 538 g/mol. The van der Waals surface area contributed by atoms with Crippen LogP contribution in [0, 0.1) is 5.41 Å². The number of rotatable bonds is 8. The minimum Gasteiger partial charge on any atom is -0.403 e. The molecule has 2 aromatic rings. The summed E-state index contributed by atoms with van der Waals surface area (Å²) in [4.78, 5) is 15.2. The number of hydrogen-bond acceptors (Lipinski definition) is 8. The van der Waals surface area contributed by atoms with Crippen LogP contribution in [-0.2, 0) is 11.4 Å². The van der Waals surface area contributed by atoms with Gasteiger partial charge in [-0.3, -0.25) is 4.90 Å². The molecule has 2 aliphatic heterocycles. The Morgan fingerprint density at radius 3 is 2.71 bits per heavy atom. The van der Waals surface area contributed by atoms with Crippen LogP contribution in [0.25, 0.3) is 10.9 Å². The SMILES string of the molecule is C.CN1CCC(N(C)c2cccc3c2cc(C2=NC(CN(C)/C(C=N)=C/N)ON2)n3CC(F)(F)F)=C(F)C1. The largest absolute Gasteiger partial charge is 0.406 e. The molecule has 4 rings (SSSR count). The quantitative estimate of drug-likeness (QED) is 0.350. The molecule has 1 aromatic carbocycles. The van der Waals surface area contributed by atoms with Crippen LogP contribution >= 0.6 is 0 Å². The fraction of sp³-hybridized carbons (Fsp3) is 0.440. The summed E-state index contributed by atoms with van der Waals surface area (Å²) in [6.45, 7) is -0.163. The number of likely N-dealkylation sites (N-methyl/N-ethyl adjacent to an activating group) is 2. The highest BCUT2D eigenvalue weighted by Crippen LogP contribution is 2.35. The summed E-state index contributed by atoms with van der Waals surface area (Å²) >= 11 is 0. The Morgan fingerprint density at radius 1 is 1.34 bits per heavy atom. The third-order valence-corrected chi connectivity index (χ3v) is 6.48. The average molecular weight is 539 g/mol. The number of alkyl halides is 3. The highest BCUT2D eigenvalue weighted by Gasteiger charge is 2.33. The van der Waals surface area contributed by atoms with Crippen molar-refractivity contribution in [2.45, 2.75) is 32.8 Å². The van der Waals surface area contributed by atoms with Gasteiger partial charge in [0.05, 0.1) is 41.4 Å². The van der Waals surface area contributed by atoms with E-state index in [1.165, 1.54) is 6.20 Å². The molecule has 38 heavy (non-hydrogen) atoms. The molecule has 1 aromatic heterocycles. The van der Waals surface area contributed by atoms with Gasteiger partial charge in [-0.25, -0.2) is 19.7 Å². The Labute approximate surface area is 219 Å². The third kappa shape index (κ3) is 5.94. The first-order chi connectivity index (χ1) is 17.5. The molecule has 0 saturated carbocycles. The van der Waals surface area contributed by atoms with Crippen LogP contribution in [0.5, 0.6) is 0 Å². The van der Waals surface area contributed by atoms with Crippen LogP contribution in [0.3, 0.4) is 0 Å². The lowest BCUT2D eigenvalue weighted by molar-refractivity contribution is -0.140. The highest BCUT2D eigenvalue weighted by molar-refractivity contribution is 6.05. The van der Waals surface area contributed by atoms with Gasteiger partial charge in [0.15, 0.2) is 12.1 Å². The number of aromatic nitrogens is 1. The first-order valence-electron chi connectivity index (χ1n) is 11.6. The minimum absolute atomic E-state index is 0. The number of nitrogens with two attached hydrogens (primary N) is 1. The average Bonchev–Trinajstić information content (AvgIpc) is 3.43. The molecule has 2 aliphatic rings. The summed E-state index contributed by atoms with van der Waals surface area (Å²) in [5.41, 5.74) is 10.2. The van der Waals surface area contributed by atoms with Crippen molar-refractivity contribution >= 4 is 28.6 Å². The summed E-state index contributed by atoms with van der Waals surface area (Å²) in [6.07, 6.45) is -2.41. The zero-order valence-electron chi connectivity index (χ0n) is 20.8. The van der Waals surface area contributed by atoms with Gasteiger partial charge in [0.2, 0.25) is 0 Å². The highest BCUT2D eigenvalue weighted by atomic mass is 19.4. The van der Waals surface area contributed by atoms with Crippen LogP contribution < -0.4 is 16.1 Å². The molecule has 0 saturated heterocycles. The van der Waals surface area contributed by atoms with Crippen LogP contribution in [0.2, 0.25) is 0 Å². The maximum atomic E-state index is 14.8. The lowest BCUT2D eigenvalue weighted by Gasteiger charge is -2.30. The molecule has 0 amide bonds. The molecule has 13 heteroatoms. The number of fused-ring (bicyclic) bond motifs is 1. The van der Waals surface area contributed by atoms with Crippen LogP contribution in [0.1, 0.15) is 19.5 Å². The molecular formula is C25H34F4N8O. The van der Waals surface area contributed by atoms with Gasteiger partial charge >= 0.3 is 6.18 Å². The van der Waals surface area contributed by atoms with E-state index in [2.05, 4.69) is 10.5 Å². The van der Waals surface area contributed by atoms with Crippen LogP contribution in [-0.4, -0.2) is 79.6 Å². The summed E-state index contributed by atoms with van der Waals surface area (Å²) in [5, 5.41) is 7.95. The van der Waals surface area contributed by atoms with Crippen LogP contribution in [0.15, 0.2) is 52.7 Å². The Balaban J connectivity index is 0.00000400. The fourth-order valence-electron chi connectivity index (χ4n) is 4.58. The second kappa shape index (κ2) is 11.4. The second-order valence-electron chi connectivity index (χ2n) is 9.11. The molecule has 0 bridgehead atoms. The van der Waals surface area contributed by atoms with Crippen molar-refractivity contribution in [1.29, 1.82) is 5.41 Å². The molecule has 0 radical (unpaired) electrons. The fourth-order valence-corrected chi connectivity index (χ4v) is 4.58. The maximum absolute atomic E-state index is 14.8. The van der Waals surface area contributed by atoms with E-state index < -0.39 is 18.9 Å². The number of benzene rings is 1. The number of allylic oxidation sites excluding steroid dienone is 1. The maximum Gasteiger partial charge on any atom is 0.406 e. The van der Waals surface area contributed by atoms with E-state index in [0.717, 1.165) is 10.8 Å². The van der Waals surface area contributed by atoms with Gasteiger partial charge in [0, 0.05) is 44.9 Å². The number of amidine groups is 1. The Hall–Kier alpha value is -3.58. The molecule has 1 unspecified atom stereocenters. The van der Waals surface area contributed by atoms with Crippen LogP contribution in [0.4, 0.5) is 23.2 Å². The Morgan fingerprint density at radius 2 is 2.08 bits per heavy atom. The molecule has 4 N–H and O–H groups in total. The molecule has 1 atom stereocenters. The predicted molar refractivity (Wildman–Crippen MR) is 142 cm³/mol. The zero-order chi connectivity index (χ0) is 26.9. The molecule has 0 fully saturated rings. The number of nitrogens with zero attached hydrogens (tertiary/aromatic N) is 5. The number of anilines is 1. The molecule has 0 spiro atoms. The molecule has 208 valence electrons. The molecule has 9 nitrogen and oxygen atoms in total. The summed E-state index contributed by atoms with van der Waals surface area (Å²) in [5.74, 6) is -0.119. The molecular weight excluding hydrogens is 504 g/mol. The van der Waals surface area contributed by atoms with Gasteiger partial charge in [-0.1, -0.05) is 13.5 Å². The first kappa shape index (κ1) is 29.0. The topological polar surface area (TPSA) is 98.1 Å². The van der Waals surface area contributed by atoms with Gasteiger partial charge in [-0.05, 0) is 25.2 Å². The van der Waals surface area contributed by atoms with E-state index >= 15 is 0 Å². The Kier molecular flexibility index (Phi) is 8.72. The van der Waals surface area contributed by atoms with E-state index in [1.54, 1.807) is 48.2 Å². The Bertz CT molecular complexity index is 1270. The minimum atomic E-state index is -4.49. The number of hydroxylamine groups is 1. The van der Waals surface area contributed by atoms with Crippen molar-refractivity contribution in [2.24, 2.45) is 10.7 Å². The van der Waals surface area contributed by atoms with E-state index in [1.807, 2.05) is 11.9 Å². The summed E-state index contributed by atoms with van der Waals surface area (Å²) in [7, 11) is 5.25. The van der Waals surface area contributed by atoms with Crippen molar-refractivity contribution in [2.75, 3.05) is 45.7 Å². The van der Waals surface area contributed by atoms with Crippen molar-refractivity contribution in [3.8, 4) is 0 Å². The van der Waals surface area contributed by atoms with Crippen molar-refractivity contribution < 1.29 is 22.4 Å². The third-order valence-electron chi connectivity index (χ3n) is 6.48. The van der Waals surface area contributed by atoms with Gasteiger partial charge in [0.1, 0.15) is 12.4 Å². The van der Waals surface area contributed by atoms with Gasteiger partial charge < -0.3 is 25.5 Å². The van der Waals surface area contributed by atoms with Crippen molar-refractivity contribution in [3.05, 3.63) is 53.4 Å². The lowest BCUT2D eigenvalue weighted by atomic mass is 10.1. The zero-order valence-corrected chi connectivity index (χ0v) is 20.8. The van der Waals surface area contributed by atoms with Gasteiger partial charge in [0.25, 0.3) is 0 Å². The molecule has 0 aliphatic carbocycles. The van der Waals surface area contributed by atoms with Gasteiger partial charge in [-0.15, -0.1) is 0 Å². The summed E-state index contributed by atoms with van der Waals surface area (Å²) < 4.78 is 56.9. The van der Waals surface area contributed by atoms with Crippen molar-refractivity contribution in [3.63, 3.8) is 0 Å². The van der Waals surface area contributed by atoms with E-state index in [-0.39, 0.29) is 37.9 Å². The van der Waals surface area contributed by atoms with Gasteiger partial charge in [-0.2, -0.15) is 13.2 Å². The van der Waals surface area contributed by atoms with E-state index in [0.29, 0.717) is 40.9 Å². The second-order valence-corrected chi connectivity index (χ2v) is 9.11. The van der Waals surface area contributed by atoms with Crippen molar-refractivity contribution in [1.82, 2.24) is 19.8 Å². The number of halogens is 4. The van der Waals surface area contributed by atoms with E-state index in [4.69, 9.17) is 16.0 Å². The summed E-state index contributed by atoms with van der Waals surface area (Å²) in [6, 6.07) is 6.64. The number of hydrogen-bond donors (Lipinski definition) is 3.